The molecular formula is C39H37N3O5S. The molecule has 1 aliphatic heterocycles. The van der Waals surface area contributed by atoms with Crippen molar-refractivity contribution < 1.29 is 24.2 Å². The number of hydrogen-bond acceptors (Lipinski definition) is 7. The zero-order valence-electron chi connectivity index (χ0n) is 26.5. The van der Waals surface area contributed by atoms with Crippen LogP contribution in [-0.2, 0) is 27.4 Å². The topological polar surface area (TPSA) is 110 Å². The van der Waals surface area contributed by atoms with Gasteiger partial charge in [-0.3, -0.25) is 14.6 Å². The minimum atomic E-state index is -0.558. The van der Waals surface area contributed by atoms with Crippen LogP contribution in [-0.4, -0.2) is 33.8 Å². The highest BCUT2D eigenvalue weighted by molar-refractivity contribution is 7.99. The number of nitrogens with one attached hydrogen (secondary N) is 2. The van der Waals surface area contributed by atoms with Gasteiger partial charge >= 0.3 is 0 Å². The van der Waals surface area contributed by atoms with E-state index in [1.54, 1.807) is 36.3 Å². The van der Waals surface area contributed by atoms with Crippen LogP contribution >= 0.6 is 11.8 Å². The predicted molar refractivity (Wildman–Crippen MR) is 187 cm³/mol. The van der Waals surface area contributed by atoms with Gasteiger partial charge in [-0.05, 0) is 70.3 Å². The molecule has 0 radical (unpaired) electrons. The van der Waals surface area contributed by atoms with Gasteiger partial charge in [0.15, 0.2) is 6.29 Å². The number of aliphatic hydroxyl groups excluding tert-OH is 1. The standard InChI is InChI=1S/C39H37N3O5S/c1-26(44)42-34-15-17-36(18-16-34)48-25-35-21-37(30-9-7-27(24-43)8-10-30)47-39(46-35)31-13-11-29(12-14-31)32-5-2-4-28(20-32)22-41-38(45)33-6-3-19-40-23-33/h2-20,23,35,37,39,43H,21-22,24-25H2,1H3,(H,41,45)(H,42,44)/t35-,37+,39+/m1/s1. The third-order valence-electron chi connectivity index (χ3n) is 8.05. The Bertz CT molecular complexity index is 1820. The smallest absolute Gasteiger partial charge is 0.253 e. The van der Waals surface area contributed by atoms with Gasteiger partial charge < -0.3 is 25.2 Å². The first-order valence-electron chi connectivity index (χ1n) is 15.8. The molecule has 2 heterocycles. The van der Waals surface area contributed by atoms with Crippen molar-refractivity contribution in [2.75, 3.05) is 11.1 Å². The lowest BCUT2D eigenvalue weighted by Gasteiger charge is -2.36. The van der Waals surface area contributed by atoms with Crippen molar-refractivity contribution in [3.63, 3.8) is 0 Å². The van der Waals surface area contributed by atoms with Crippen LogP contribution in [0.5, 0.6) is 0 Å². The van der Waals surface area contributed by atoms with Crippen LogP contribution in [0.4, 0.5) is 5.69 Å². The molecule has 9 heteroatoms. The van der Waals surface area contributed by atoms with E-state index in [0.717, 1.165) is 49.7 Å². The van der Waals surface area contributed by atoms with Crippen LogP contribution in [0.3, 0.4) is 0 Å². The first kappa shape index (κ1) is 33.1. The van der Waals surface area contributed by atoms with E-state index in [2.05, 4.69) is 39.9 Å². The molecule has 244 valence electrons. The van der Waals surface area contributed by atoms with Crippen molar-refractivity contribution in [3.05, 3.63) is 149 Å². The van der Waals surface area contributed by atoms with Crippen molar-refractivity contribution in [1.82, 2.24) is 10.3 Å². The molecule has 4 aromatic carbocycles. The molecule has 1 aromatic heterocycles. The van der Waals surface area contributed by atoms with Gasteiger partial charge in [-0.1, -0.05) is 66.7 Å². The number of benzene rings is 4. The zero-order valence-corrected chi connectivity index (χ0v) is 27.4. The van der Waals surface area contributed by atoms with E-state index in [-0.39, 0.29) is 30.6 Å². The summed E-state index contributed by atoms with van der Waals surface area (Å²) in [5.74, 6) is 0.469. The summed E-state index contributed by atoms with van der Waals surface area (Å²) in [4.78, 5) is 29.0. The van der Waals surface area contributed by atoms with Crippen molar-refractivity contribution in [1.29, 1.82) is 0 Å². The van der Waals surface area contributed by atoms with Gasteiger partial charge in [0.05, 0.1) is 24.4 Å². The fraction of sp³-hybridized carbons (Fsp3) is 0.205. The van der Waals surface area contributed by atoms with E-state index in [1.165, 1.54) is 6.92 Å². The third-order valence-corrected chi connectivity index (χ3v) is 9.19. The van der Waals surface area contributed by atoms with E-state index < -0.39 is 6.29 Å². The Morgan fingerprint density at radius 2 is 1.62 bits per heavy atom. The molecule has 48 heavy (non-hydrogen) atoms. The number of rotatable bonds is 11. The Labute approximate surface area is 284 Å². The van der Waals surface area contributed by atoms with Gasteiger partial charge in [-0.15, -0.1) is 11.8 Å². The molecule has 0 bridgehead atoms. The second-order valence-corrected chi connectivity index (χ2v) is 12.7. The maximum absolute atomic E-state index is 12.5. The lowest BCUT2D eigenvalue weighted by molar-refractivity contribution is -0.245. The highest BCUT2D eigenvalue weighted by Gasteiger charge is 2.32. The minimum absolute atomic E-state index is 0.00712. The maximum Gasteiger partial charge on any atom is 0.253 e. The Balaban J connectivity index is 1.14. The number of aliphatic hydroxyl groups is 1. The van der Waals surface area contributed by atoms with Crippen LogP contribution in [0.2, 0.25) is 0 Å². The maximum atomic E-state index is 12.5. The number of nitrogens with zero attached hydrogens (tertiary/aromatic N) is 1. The van der Waals surface area contributed by atoms with E-state index in [1.807, 2.05) is 72.8 Å². The van der Waals surface area contributed by atoms with Gasteiger partial charge in [0.25, 0.3) is 5.91 Å². The number of hydrogen-bond donors (Lipinski definition) is 3. The Morgan fingerprint density at radius 3 is 2.33 bits per heavy atom. The highest BCUT2D eigenvalue weighted by atomic mass is 32.2. The molecule has 8 nitrogen and oxygen atoms in total. The second kappa shape index (κ2) is 15.9. The number of amides is 2. The molecule has 3 atom stereocenters. The highest BCUT2D eigenvalue weighted by Crippen LogP contribution is 2.40. The Kier molecular flexibility index (Phi) is 10.9. The van der Waals surface area contributed by atoms with E-state index in [9.17, 15) is 14.7 Å². The lowest BCUT2D eigenvalue weighted by Crippen LogP contribution is -2.31. The summed E-state index contributed by atoms with van der Waals surface area (Å²) >= 11 is 1.70. The lowest BCUT2D eigenvalue weighted by atomic mass is 9.99. The number of pyridine rings is 1. The number of thioether (sulfide) groups is 1. The second-order valence-electron chi connectivity index (χ2n) is 11.6. The minimum Gasteiger partial charge on any atom is -0.392 e. The van der Waals surface area contributed by atoms with Crippen molar-refractivity contribution >= 4 is 29.3 Å². The molecule has 3 N–H and O–H groups in total. The normalized spacial score (nSPS) is 17.4. The van der Waals surface area contributed by atoms with E-state index in [4.69, 9.17) is 9.47 Å². The summed E-state index contributed by atoms with van der Waals surface area (Å²) in [7, 11) is 0. The third kappa shape index (κ3) is 8.76. The molecule has 1 saturated heterocycles. The summed E-state index contributed by atoms with van der Waals surface area (Å²) in [6.07, 6.45) is 3.07. The van der Waals surface area contributed by atoms with Crippen molar-refractivity contribution in [3.8, 4) is 11.1 Å². The number of carbonyl (C=O) groups excluding carboxylic acids is 2. The summed E-state index contributed by atoms with van der Waals surface area (Å²) in [5, 5.41) is 15.3. The molecule has 6 rings (SSSR count). The van der Waals surface area contributed by atoms with E-state index in [0.29, 0.717) is 18.5 Å². The Morgan fingerprint density at radius 1 is 0.854 bits per heavy atom. The first-order chi connectivity index (χ1) is 23.4. The predicted octanol–water partition coefficient (Wildman–Crippen LogP) is 7.47. The molecule has 0 saturated carbocycles. The molecule has 1 aliphatic rings. The molecule has 0 aliphatic carbocycles. The molecule has 5 aromatic rings. The van der Waals surface area contributed by atoms with Gasteiger partial charge in [0.2, 0.25) is 5.91 Å². The summed E-state index contributed by atoms with van der Waals surface area (Å²) in [6.45, 7) is 1.89. The average molecular weight is 660 g/mol. The number of anilines is 1. The van der Waals surface area contributed by atoms with Crippen LogP contribution in [0.25, 0.3) is 11.1 Å². The number of carbonyl (C=O) groups is 2. The van der Waals surface area contributed by atoms with Crippen LogP contribution < -0.4 is 10.6 Å². The number of ether oxygens (including phenoxy) is 2. The number of aromatic nitrogens is 1. The van der Waals surface area contributed by atoms with Gasteiger partial charge in [-0.25, -0.2) is 0 Å². The largest absolute Gasteiger partial charge is 0.392 e. The van der Waals surface area contributed by atoms with Crippen LogP contribution in [0.1, 0.15) is 58.4 Å². The van der Waals surface area contributed by atoms with Gasteiger partial charge in [0.1, 0.15) is 0 Å². The van der Waals surface area contributed by atoms with Crippen LogP contribution in [0.15, 0.2) is 126 Å². The summed E-state index contributed by atoms with van der Waals surface area (Å²) < 4.78 is 13.1. The molecular weight excluding hydrogens is 623 g/mol. The summed E-state index contributed by atoms with van der Waals surface area (Å²) in [6, 6.07) is 35.5. The van der Waals surface area contributed by atoms with Crippen molar-refractivity contribution in [2.24, 2.45) is 0 Å². The summed E-state index contributed by atoms with van der Waals surface area (Å²) in [5.41, 5.74) is 7.19. The SMILES string of the molecule is CC(=O)Nc1ccc(SC[C@H]2C[C@@H](c3ccc(CO)cc3)O[C@@H](c3ccc(-c4cccc(CNC(=O)c5cccnc5)c4)cc3)O2)cc1. The monoisotopic (exact) mass is 659 g/mol. The van der Waals surface area contributed by atoms with Gasteiger partial charge in [0, 0.05) is 54.2 Å². The first-order valence-corrected chi connectivity index (χ1v) is 16.8. The fourth-order valence-electron chi connectivity index (χ4n) is 5.52. The molecule has 1 fully saturated rings. The molecule has 2 amide bonds. The zero-order chi connectivity index (χ0) is 33.3. The quantitative estimate of drug-likeness (QED) is 0.126. The van der Waals surface area contributed by atoms with E-state index >= 15 is 0 Å². The Hall–Kier alpha value is -4.80. The molecule has 0 spiro atoms. The van der Waals surface area contributed by atoms with Gasteiger partial charge in [-0.2, -0.15) is 0 Å². The molecule has 0 unspecified atom stereocenters. The fourth-order valence-corrected chi connectivity index (χ4v) is 6.45. The average Bonchev–Trinajstić information content (AvgIpc) is 3.14. The van der Waals surface area contributed by atoms with Crippen LogP contribution in [0, 0.1) is 0 Å². The van der Waals surface area contributed by atoms with Crippen molar-refractivity contribution in [2.45, 2.75) is 49.9 Å².